The van der Waals surface area contributed by atoms with E-state index in [-0.39, 0.29) is 24.6 Å². The second kappa shape index (κ2) is 7.43. The van der Waals surface area contributed by atoms with Gasteiger partial charge in [0.2, 0.25) is 5.91 Å². The van der Waals surface area contributed by atoms with E-state index in [1.165, 1.54) is 0 Å². The van der Waals surface area contributed by atoms with Crippen LogP contribution < -0.4 is 5.32 Å². The Morgan fingerprint density at radius 3 is 2.57 bits per heavy atom. The molecular weight excluding hydrogens is 292 g/mol. The molecule has 0 radical (unpaired) electrons. The fourth-order valence-corrected chi connectivity index (χ4v) is 3.10. The fraction of sp³-hybridized carbons (Fsp3) is 0.611. The summed E-state index contributed by atoms with van der Waals surface area (Å²) in [5.41, 5.74) is 0.797. The summed E-state index contributed by atoms with van der Waals surface area (Å²) in [6.45, 7) is 2.27. The molecule has 0 spiro atoms. The standard InChI is InChI=1S/C18H26N2O3/c21-14-18(8-10-23-11-9-18)19-12-17(22)20(16-6-7-16)13-15-4-2-1-3-5-15/h1-5,16,19,21H,6-14H2. The maximum Gasteiger partial charge on any atom is 0.237 e. The van der Waals surface area contributed by atoms with Crippen LogP contribution in [0.15, 0.2) is 30.3 Å². The normalized spacial score (nSPS) is 20.2. The molecule has 1 aliphatic heterocycles. The van der Waals surface area contributed by atoms with Crippen LogP contribution in [0.4, 0.5) is 0 Å². The smallest absolute Gasteiger partial charge is 0.237 e. The van der Waals surface area contributed by atoms with Crippen molar-refractivity contribution in [2.75, 3.05) is 26.4 Å². The van der Waals surface area contributed by atoms with Crippen molar-refractivity contribution in [2.24, 2.45) is 0 Å². The second-order valence-electron chi connectivity index (χ2n) is 6.64. The van der Waals surface area contributed by atoms with Gasteiger partial charge in [0.1, 0.15) is 0 Å². The van der Waals surface area contributed by atoms with E-state index in [1.54, 1.807) is 0 Å². The molecule has 5 nitrogen and oxygen atoms in total. The zero-order valence-electron chi connectivity index (χ0n) is 13.5. The number of ether oxygens (including phenoxy) is 1. The molecule has 23 heavy (non-hydrogen) atoms. The van der Waals surface area contributed by atoms with Gasteiger partial charge in [0.15, 0.2) is 0 Å². The first-order chi connectivity index (χ1) is 11.2. The lowest BCUT2D eigenvalue weighted by molar-refractivity contribution is -0.132. The first-order valence-electron chi connectivity index (χ1n) is 8.49. The zero-order valence-corrected chi connectivity index (χ0v) is 13.5. The van der Waals surface area contributed by atoms with E-state index in [2.05, 4.69) is 17.4 Å². The second-order valence-corrected chi connectivity index (χ2v) is 6.64. The molecule has 2 N–H and O–H groups in total. The Morgan fingerprint density at radius 2 is 1.96 bits per heavy atom. The van der Waals surface area contributed by atoms with Crippen molar-refractivity contribution in [3.63, 3.8) is 0 Å². The Balaban J connectivity index is 1.58. The monoisotopic (exact) mass is 318 g/mol. The van der Waals surface area contributed by atoms with Crippen molar-refractivity contribution >= 4 is 5.91 Å². The van der Waals surface area contributed by atoms with Crippen molar-refractivity contribution < 1.29 is 14.6 Å². The zero-order chi connectivity index (χ0) is 16.1. The van der Waals surface area contributed by atoms with Crippen molar-refractivity contribution in [1.82, 2.24) is 10.2 Å². The number of nitrogens with one attached hydrogen (secondary N) is 1. The summed E-state index contributed by atoms with van der Waals surface area (Å²) in [6, 6.07) is 10.5. The molecule has 0 atom stereocenters. The van der Waals surface area contributed by atoms with Gasteiger partial charge in [-0.1, -0.05) is 30.3 Å². The Hall–Kier alpha value is -1.43. The third-order valence-corrected chi connectivity index (χ3v) is 4.87. The number of rotatable bonds is 7. The highest BCUT2D eigenvalue weighted by atomic mass is 16.5. The van der Waals surface area contributed by atoms with Crippen molar-refractivity contribution in [2.45, 2.75) is 43.8 Å². The SMILES string of the molecule is O=C(CNC1(CO)CCOCC1)N(Cc1ccccc1)C1CC1. The van der Waals surface area contributed by atoms with Gasteiger partial charge in [0, 0.05) is 31.3 Å². The fourth-order valence-electron chi connectivity index (χ4n) is 3.10. The summed E-state index contributed by atoms with van der Waals surface area (Å²) >= 11 is 0. The van der Waals surface area contributed by atoms with Crippen LogP contribution in [0, 0.1) is 0 Å². The third kappa shape index (κ3) is 4.31. The number of aliphatic hydroxyl groups is 1. The van der Waals surface area contributed by atoms with Gasteiger partial charge in [-0.25, -0.2) is 0 Å². The molecule has 1 aromatic rings. The molecule has 3 rings (SSSR count). The molecule has 1 aromatic carbocycles. The molecule has 0 aromatic heterocycles. The summed E-state index contributed by atoms with van der Waals surface area (Å²) in [6.07, 6.45) is 3.69. The van der Waals surface area contributed by atoms with Gasteiger partial charge in [0.25, 0.3) is 0 Å². The molecule has 126 valence electrons. The summed E-state index contributed by atoms with van der Waals surface area (Å²) in [4.78, 5) is 14.7. The van der Waals surface area contributed by atoms with Gasteiger partial charge in [-0.3, -0.25) is 4.79 Å². The highest BCUT2D eigenvalue weighted by Gasteiger charge is 2.35. The molecule has 0 bridgehead atoms. The van der Waals surface area contributed by atoms with Gasteiger partial charge in [-0.2, -0.15) is 0 Å². The van der Waals surface area contributed by atoms with Crippen LogP contribution in [-0.2, 0) is 16.1 Å². The van der Waals surface area contributed by atoms with Crippen molar-refractivity contribution in [3.05, 3.63) is 35.9 Å². The van der Waals surface area contributed by atoms with Crippen LogP contribution >= 0.6 is 0 Å². The van der Waals surface area contributed by atoms with Crippen molar-refractivity contribution in [1.29, 1.82) is 0 Å². The predicted molar refractivity (Wildman–Crippen MR) is 87.9 cm³/mol. The highest BCUT2D eigenvalue weighted by Crippen LogP contribution is 2.28. The number of carbonyl (C=O) groups is 1. The molecular formula is C18H26N2O3. The lowest BCUT2D eigenvalue weighted by Crippen LogP contribution is -2.55. The first-order valence-corrected chi connectivity index (χ1v) is 8.49. The third-order valence-electron chi connectivity index (χ3n) is 4.87. The summed E-state index contributed by atoms with van der Waals surface area (Å²) in [5.74, 6) is 0.121. The molecule has 1 saturated carbocycles. The molecule has 1 heterocycles. The molecule has 1 amide bonds. The van der Waals surface area contributed by atoms with Gasteiger partial charge in [-0.15, -0.1) is 0 Å². The van der Waals surface area contributed by atoms with E-state index in [0.29, 0.717) is 25.8 Å². The van der Waals surface area contributed by atoms with Gasteiger partial charge >= 0.3 is 0 Å². The molecule has 2 fully saturated rings. The average Bonchev–Trinajstić information content (AvgIpc) is 3.44. The number of aliphatic hydroxyl groups excluding tert-OH is 1. The molecule has 1 saturated heterocycles. The van der Waals surface area contributed by atoms with E-state index in [0.717, 1.165) is 31.2 Å². The van der Waals surface area contributed by atoms with E-state index < -0.39 is 0 Å². The summed E-state index contributed by atoms with van der Waals surface area (Å²) < 4.78 is 5.36. The number of hydrogen-bond donors (Lipinski definition) is 2. The number of benzene rings is 1. The highest BCUT2D eigenvalue weighted by molar-refractivity contribution is 5.79. The lowest BCUT2D eigenvalue weighted by atomic mass is 9.91. The Kier molecular flexibility index (Phi) is 5.30. The minimum atomic E-state index is -0.365. The minimum absolute atomic E-state index is 0.0474. The van der Waals surface area contributed by atoms with E-state index in [4.69, 9.17) is 4.74 Å². The number of hydrogen-bond acceptors (Lipinski definition) is 4. The minimum Gasteiger partial charge on any atom is -0.394 e. The molecule has 1 aliphatic carbocycles. The van der Waals surface area contributed by atoms with E-state index >= 15 is 0 Å². The first kappa shape index (κ1) is 16.4. The van der Waals surface area contributed by atoms with Crippen LogP contribution in [0.2, 0.25) is 0 Å². The number of nitrogens with zero attached hydrogens (tertiary/aromatic N) is 1. The quantitative estimate of drug-likeness (QED) is 0.796. The van der Waals surface area contributed by atoms with Gasteiger partial charge in [-0.05, 0) is 31.2 Å². The van der Waals surface area contributed by atoms with Crippen LogP contribution in [-0.4, -0.2) is 53.9 Å². The van der Waals surface area contributed by atoms with Crippen LogP contribution in [0.3, 0.4) is 0 Å². The lowest BCUT2D eigenvalue weighted by Gasteiger charge is -2.37. The van der Waals surface area contributed by atoms with Gasteiger partial charge in [0.05, 0.1) is 13.2 Å². The topological polar surface area (TPSA) is 61.8 Å². The van der Waals surface area contributed by atoms with E-state index in [9.17, 15) is 9.90 Å². The number of carbonyl (C=O) groups excluding carboxylic acids is 1. The maximum atomic E-state index is 12.7. The Labute approximate surface area is 137 Å². The van der Waals surface area contributed by atoms with E-state index in [1.807, 2.05) is 23.1 Å². The largest absolute Gasteiger partial charge is 0.394 e. The van der Waals surface area contributed by atoms with Crippen LogP contribution in [0.1, 0.15) is 31.2 Å². The van der Waals surface area contributed by atoms with Crippen LogP contribution in [0.5, 0.6) is 0 Å². The molecule has 5 heteroatoms. The summed E-state index contributed by atoms with van der Waals surface area (Å²) in [7, 11) is 0. The Bertz CT molecular complexity index is 510. The predicted octanol–water partition coefficient (Wildman–Crippen LogP) is 1.31. The number of amides is 1. The summed E-state index contributed by atoms with van der Waals surface area (Å²) in [5, 5.41) is 13.0. The van der Waals surface area contributed by atoms with Crippen molar-refractivity contribution in [3.8, 4) is 0 Å². The molecule has 0 unspecified atom stereocenters. The average molecular weight is 318 g/mol. The van der Waals surface area contributed by atoms with Crippen LogP contribution in [0.25, 0.3) is 0 Å². The maximum absolute atomic E-state index is 12.7. The Morgan fingerprint density at radius 1 is 1.26 bits per heavy atom. The van der Waals surface area contributed by atoms with Gasteiger partial charge < -0.3 is 20.1 Å². The molecule has 2 aliphatic rings.